The molecule has 0 saturated carbocycles. The minimum atomic E-state index is -0.379. The molecule has 12 heteroatoms. The number of ether oxygens (including phenoxy) is 9. The molecule has 0 aliphatic rings. The van der Waals surface area contributed by atoms with E-state index in [9.17, 15) is 4.79 Å². The Morgan fingerprint density at radius 3 is 1.43 bits per heavy atom. The Hall–Kier alpha value is -2.18. The molecule has 1 atom stereocenters. The zero-order chi connectivity index (χ0) is 28.5. The summed E-state index contributed by atoms with van der Waals surface area (Å²) in [6.07, 6.45) is 0. The Kier molecular flexibility index (Phi) is 18.5. The van der Waals surface area contributed by atoms with Crippen LogP contribution in [0.5, 0.6) is 34.5 Å². The summed E-state index contributed by atoms with van der Waals surface area (Å²) in [5.74, 6) is 2.67. The Bertz CT molecular complexity index is 963. The molecule has 220 valence electrons. The summed E-state index contributed by atoms with van der Waals surface area (Å²) in [4.78, 5) is 13.8. The summed E-state index contributed by atoms with van der Waals surface area (Å²) in [5.41, 5.74) is 0.0809. The molecule has 0 fully saturated rings. The van der Waals surface area contributed by atoms with Crippen molar-refractivity contribution in [3.8, 4) is 34.5 Å². The molecule has 0 heterocycles. The van der Waals surface area contributed by atoms with Crippen molar-refractivity contribution >= 4 is 38.3 Å². The van der Waals surface area contributed by atoms with Crippen LogP contribution in [0.4, 0.5) is 0 Å². The van der Waals surface area contributed by atoms with Crippen LogP contribution in [-0.2, 0) is 14.2 Å². The van der Waals surface area contributed by atoms with Crippen LogP contribution >= 0.6 is 8.58 Å². The van der Waals surface area contributed by atoms with E-state index in [1.54, 1.807) is 24.3 Å². The van der Waals surface area contributed by atoms with Crippen LogP contribution in [0.25, 0.3) is 0 Å². The van der Waals surface area contributed by atoms with Gasteiger partial charge in [0.25, 0.3) is 0 Å². The molecule has 0 spiro atoms. The summed E-state index contributed by atoms with van der Waals surface area (Å²) in [5, 5.41) is 0.588. The minimum absolute atomic E-state index is 0. The number of carbonyl (C=O) groups excluding carboxylic acids is 1. The van der Waals surface area contributed by atoms with Crippen molar-refractivity contribution in [1.29, 1.82) is 0 Å². The summed E-state index contributed by atoms with van der Waals surface area (Å²) in [7, 11) is 4.14. The molecule has 0 saturated heterocycles. The third kappa shape index (κ3) is 11.4. The van der Waals surface area contributed by atoms with E-state index < -0.39 is 0 Å². The molecular formula is C28H42LiO10P. The molecule has 40 heavy (non-hydrogen) atoms. The molecule has 2 rings (SSSR count). The van der Waals surface area contributed by atoms with Crippen molar-refractivity contribution in [2.24, 2.45) is 0 Å². The van der Waals surface area contributed by atoms with Gasteiger partial charge in [-0.1, -0.05) is 0 Å². The number of carbonyl (C=O) groups is 1. The maximum absolute atomic E-state index is 13.8. The maximum atomic E-state index is 13.8. The Morgan fingerprint density at radius 1 is 0.600 bits per heavy atom. The normalized spacial score (nSPS) is 10.8. The third-order valence-electron chi connectivity index (χ3n) is 5.30. The van der Waals surface area contributed by atoms with E-state index in [0.29, 0.717) is 91.6 Å². The van der Waals surface area contributed by atoms with E-state index >= 15 is 0 Å². The van der Waals surface area contributed by atoms with Crippen molar-refractivity contribution in [1.82, 2.24) is 0 Å². The van der Waals surface area contributed by atoms with E-state index in [-0.39, 0.29) is 46.2 Å². The molecule has 1 unspecified atom stereocenters. The summed E-state index contributed by atoms with van der Waals surface area (Å²) in [6, 6.07) is 6.81. The fraction of sp³-hybridized carbons (Fsp3) is 0.536. The molecule has 2 aromatic rings. The SMILES string of the molecule is CCOCCOc1cc(OCCOCC)c(PC(=O)c2c(OC)cc(OC)cc2OC)c(OCCOCC)c1.[LiH]. The van der Waals surface area contributed by atoms with Gasteiger partial charge in [-0.15, -0.1) is 0 Å². The molecule has 0 aliphatic heterocycles. The standard InChI is InChI=1S/C28H41O10P.Li.H/c1-7-33-10-13-36-21-18-24(37-14-11-34-8-2)27(25(19-21)38-15-12-35-9-3)39-28(29)26-22(31-5)16-20(30-4)17-23(26)32-6;;/h16-19,39H,7-15H2,1-6H3;;. The predicted molar refractivity (Wildman–Crippen MR) is 158 cm³/mol. The molecule has 10 nitrogen and oxygen atoms in total. The van der Waals surface area contributed by atoms with Gasteiger partial charge in [0.15, 0.2) is 5.52 Å². The Labute approximate surface area is 251 Å². The van der Waals surface area contributed by atoms with Gasteiger partial charge in [-0.3, -0.25) is 4.79 Å². The zero-order valence-electron chi connectivity index (χ0n) is 23.8. The second-order valence-corrected chi connectivity index (χ2v) is 9.00. The van der Waals surface area contributed by atoms with E-state index in [2.05, 4.69) is 0 Å². The quantitative estimate of drug-likeness (QED) is 0.125. The topological polar surface area (TPSA) is 100 Å². The first kappa shape index (κ1) is 35.8. The van der Waals surface area contributed by atoms with Gasteiger partial charge in [0.1, 0.15) is 59.9 Å². The van der Waals surface area contributed by atoms with Crippen LogP contribution in [0.2, 0.25) is 0 Å². The zero-order valence-corrected chi connectivity index (χ0v) is 24.8. The van der Waals surface area contributed by atoms with Crippen molar-refractivity contribution in [3.05, 3.63) is 29.8 Å². The Morgan fingerprint density at radius 2 is 1.02 bits per heavy atom. The number of hydrogen-bond acceptors (Lipinski definition) is 10. The first-order chi connectivity index (χ1) is 19.0. The van der Waals surface area contributed by atoms with E-state index in [0.717, 1.165) is 0 Å². The van der Waals surface area contributed by atoms with E-state index in [1.165, 1.54) is 21.3 Å². The number of benzene rings is 2. The van der Waals surface area contributed by atoms with Gasteiger partial charge < -0.3 is 42.6 Å². The predicted octanol–water partition coefficient (Wildman–Crippen LogP) is 3.45. The summed E-state index contributed by atoms with van der Waals surface area (Å²) >= 11 is 0. The van der Waals surface area contributed by atoms with Crippen molar-refractivity contribution in [3.63, 3.8) is 0 Å². The second kappa shape index (κ2) is 20.7. The molecule has 0 aromatic heterocycles. The van der Waals surface area contributed by atoms with Crippen LogP contribution in [-0.4, -0.2) is 105 Å². The Balaban J connectivity index is 0.00000800. The number of rotatable bonds is 21. The van der Waals surface area contributed by atoms with Crippen LogP contribution in [0.3, 0.4) is 0 Å². The molecule has 0 amide bonds. The third-order valence-corrected chi connectivity index (χ3v) is 6.52. The van der Waals surface area contributed by atoms with Gasteiger partial charge in [0, 0.05) is 44.1 Å². The van der Waals surface area contributed by atoms with E-state index in [4.69, 9.17) is 42.6 Å². The summed E-state index contributed by atoms with van der Waals surface area (Å²) < 4.78 is 50.7. The van der Waals surface area contributed by atoms with Crippen LogP contribution in [0.15, 0.2) is 24.3 Å². The van der Waals surface area contributed by atoms with Gasteiger partial charge in [-0.25, -0.2) is 0 Å². The van der Waals surface area contributed by atoms with Crippen molar-refractivity contribution < 1.29 is 47.4 Å². The fourth-order valence-corrected chi connectivity index (χ4v) is 4.61. The summed E-state index contributed by atoms with van der Waals surface area (Å²) in [6.45, 7) is 9.64. The second-order valence-electron chi connectivity index (χ2n) is 7.79. The van der Waals surface area contributed by atoms with E-state index in [1.807, 2.05) is 20.8 Å². The van der Waals surface area contributed by atoms with Crippen LogP contribution < -0.4 is 33.7 Å². The fourth-order valence-electron chi connectivity index (χ4n) is 3.48. The molecule has 0 aliphatic carbocycles. The average Bonchev–Trinajstić information content (AvgIpc) is 2.96. The van der Waals surface area contributed by atoms with Crippen LogP contribution in [0, 0.1) is 0 Å². The van der Waals surface area contributed by atoms with Crippen molar-refractivity contribution in [2.45, 2.75) is 20.8 Å². The van der Waals surface area contributed by atoms with Gasteiger partial charge in [0.05, 0.1) is 46.5 Å². The van der Waals surface area contributed by atoms with Gasteiger partial charge in [-0.2, -0.15) is 0 Å². The molecule has 0 N–H and O–H groups in total. The molecular weight excluding hydrogens is 534 g/mol. The van der Waals surface area contributed by atoms with Gasteiger partial charge in [-0.05, 0) is 29.4 Å². The number of methoxy groups -OCH3 is 3. The van der Waals surface area contributed by atoms with Gasteiger partial charge >= 0.3 is 18.9 Å². The van der Waals surface area contributed by atoms with Gasteiger partial charge in [0.2, 0.25) is 0 Å². The molecule has 0 bridgehead atoms. The molecule has 2 aromatic carbocycles. The van der Waals surface area contributed by atoms with Crippen molar-refractivity contribution in [2.75, 3.05) is 80.8 Å². The van der Waals surface area contributed by atoms with Crippen LogP contribution in [0.1, 0.15) is 31.1 Å². The first-order valence-corrected chi connectivity index (χ1v) is 13.9. The average molecular weight is 577 g/mol. The molecule has 0 radical (unpaired) electrons. The number of hydrogen-bond donors (Lipinski definition) is 0. The first-order valence-electron chi connectivity index (χ1n) is 12.9. The monoisotopic (exact) mass is 576 g/mol.